The van der Waals surface area contributed by atoms with Gasteiger partial charge in [0.1, 0.15) is 0 Å². The van der Waals surface area contributed by atoms with Crippen molar-refractivity contribution in [3.05, 3.63) is 52.3 Å². The second kappa shape index (κ2) is 7.10. The predicted octanol–water partition coefficient (Wildman–Crippen LogP) is 2.84. The van der Waals surface area contributed by atoms with E-state index in [-0.39, 0.29) is 6.61 Å². The van der Waals surface area contributed by atoms with E-state index in [9.17, 15) is 0 Å². The monoisotopic (exact) mass is 282 g/mol. The summed E-state index contributed by atoms with van der Waals surface area (Å²) < 4.78 is 2.06. The van der Waals surface area contributed by atoms with Gasteiger partial charge in [0.2, 0.25) is 0 Å². The van der Waals surface area contributed by atoms with Crippen LogP contribution in [-0.4, -0.2) is 21.5 Å². The highest BCUT2D eigenvalue weighted by Crippen LogP contribution is 2.15. The molecule has 3 nitrogen and oxygen atoms in total. The van der Waals surface area contributed by atoms with Gasteiger partial charge in [-0.05, 0) is 43.5 Å². The molecule has 1 N–H and O–H groups in total. The zero-order valence-corrected chi connectivity index (χ0v) is 13.0. The molecule has 2 aromatic rings. The van der Waals surface area contributed by atoms with Crippen LogP contribution >= 0.6 is 0 Å². The highest BCUT2D eigenvalue weighted by atomic mass is 16.2. The van der Waals surface area contributed by atoms with Crippen LogP contribution in [-0.2, 0) is 13.0 Å². The molecule has 110 valence electrons. The smallest absolute Gasteiger partial charge is 0.0663 e. The van der Waals surface area contributed by atoms with E-state index in [4.69, 9.17) is 5.11 Å². The fourth-order valence-corrected chi connectivity index (χ4v) is 2.54. The second-order valence-electron chi connectivity index (χ2n) is 5.14. The molecule has 0 saturated carbocycles. The van der Waals surface area contributed by atoms with Crippen molar-refractivity contribution in [2.75, 3.05) is 6.61 Å². The molecule has 1 aromatic heterocycles. The number of aliphatic hydroxyl groups is 1. The largest absolute Gasteiger partial charge is 0.395 e. The molecule has 0 fully saturated rings. The van der Waals surface area contributed by atoms with Crippen LogP contribution in [0.5, 0.6) is 0 Å². The summed E-state index contributed by atoms with van der Waals surface area (Å²) in [6, 6.07) is 8.20. The van der Waals surface area contributed by atoms with Gasteiger partial charge in [0.25, 0.3) is 0 Å². The minimum Gasteiger partial charge on any atom is -0.395 e. The number of aromatic nitrogens is 2. The Morgan fingerprint density at radius 2 is 2.10 bits per heavy atom. The molecule has 0 bridgehead atoms. The van der Waals surface area contributed by atoms with Gasteiger partial charge >= 0.3 is 0 Å². The number of benzene rings is 1. The van der Waals surface area contributed by atoms with Crippen molar-refractivity contribution in [3.8, 4) is 11.8 Å². The van der Waals surface area contributed by atoms with E-state index in [1.165, 1.54) is 16.8 Å². The molecule has 3 heteroatoms. The first kappa shape index (κ1) is 15.3. The fraction of sp³-hybridized carbons (Fsp3) is 0.389. The molecule has 1 aromatic carbocycles. The van der Waals surface area contributed by atoms with Crippen LogP contribution in [0.15, 0.2) is 24.3 Å². The maximum Gasteiger partial charge on any atom is 0.0663 e. The highest BCUT2D eigenvalue weighted by molar-refractivity contribution is 5.37. The molecule has 0 radical (unpaired) electrons. The summed E-state index contributed by atoms with van der Waals surface area (Å²) in [4.78, 5) is 0. The molecule has 0 saturated heterocycles. The Labute approximate surface area is 126 Å². The predicted molar refractivity (Wildman–Crippen MR) is 85.2 cm³/mol. The summed E-state index contributed by atoms with van der Waals surface area (Å²) >= 11 is 0. The second-order valence-corrected chi connectivity index (χ2v) is 5.14. The maximum atomic E-state index is 8.76. The third kappa shape index (κ3) is 3.74. The van der Waals surface area contributed by atoms with E-state index in [1.54, 1.807) is 0 Å². The van der Waals surface area contributed by atoms with Gasteiger partial charge < -0.3 is 5.11 Å². The Balaban J connectivity index is 2.21. The SMILES string of the molecule is CCc1c(C)nn(Cc2cccc(C#CCCO)c2)c1C. The summed E-state index contributed by atoms with van der Waals surface area (Å²) in [5.41, 5.74) is 5.88. The number of nitrogens with zero attached hydrogens (tertiary/aromatic N) is 2. The zero-order chi connectivity index (χ0) is 15.2. The first-order chi connectivity index (χ1) is 10.2. The van der Waals surface area contributed by atoms with Crippen molar-refractivity contribution in [1.82, 2.24) is 9.78 Å². The summed E-state index contributed by atoms with van der Waals surface area (Å²) in [5, 5.41) is 13.4. The topological polar surface area (TPSA) is 38.0 Å². The molecule has 0 atom stereocenters. The van der Waals surface area contributed by atoms with E-state index in [1.807, 2.05) is 12.1 Å². The minimum atomic E-state index is 0.109. The van der Waals surface area contributed by atoms with E-state index in [2.05, 4.69) is 54.5 Å². The van der Waals surface area contributed by atoms with Crippen LogP contribution in [0.3, 0.4) is 0 Å². The first-order valence-electron chi connectivity index (χ1n) is 7.37. The number of aryl methyl sites for hydroxylation is 1. The summed E-state index contributed by atoms with van der Waals surface area (Å²) in [6.07, 6.45) is 1.53. The third-order valence-electron chi connectivity index (χ3n) is 3.61. The Kier molecular flexibility index (Phi) is 5.19. The molecule has 0 aliphatic rings. The Morgan fingerprint density at radius 3 is 2.76 bits per heavy atom. The molecule has 0 amide bonds. The van der Waals surface area contributed by atoms with Crippen LogP contribution in [0.2, 0.25) is 0 Å². The van der Waals surface area contributed by atoms with E-state index < -0.39 is 0 Å². The fourth-order valence-electron chi connectivity index (χ4n) is 2.54. The van der Waals surface area contributed by atoms with Gasteiger partial charge in [-0.3, -0.25) is 4.68 Å². The maximum absolute atomic E-state index is 8.76. The Hall–Kier alpha value is -2.05. The molecular formula is C18H22N2O. The van der Waals surface area contributed by atoms with Crippen molar-refractivity contribution >= 4 is 0 Å². The average molecular weight is 282 g/mol. The minimum absolute atomic E-state index is 0.109. The van der Waals surface area contributed by atoms with E-state index in [0.717, 1.165) is 24.2 Å². The van der Waals surface area contributed by atoms with Crippen LogP contribution in [0.4, 0.5) is 0 Å². The highest BCUT2D eigenvalue weighted by Gasteiger charge is 2.09. The van der Waals surface area contributed by atoms with Gasteiger partial charge in [0.15, 0.2) is 0 Å². The number of hydrogen-bond acceptors (Lipinski definition) is 2. The van der Waals surface area contributed by atoms with Crippen molar-refractivity contribution < 1.29 is 5.11 Å². The van der Waals surface area contributed by atoms with E-state index in [0.29, 0.717) is 6.42 Å². The molecule has 0 spiro atoms. The molecule has 1 heterocycles. The summed E-state index contributed by atoms with van der Waals surface area (Å²) in [7, 11) is 0. The molecule has 0 aliphatic carbocycles. The van der Waals surface area contributed by atoms with Crippen LogP contribution in [0, 0.1) is 25.7 Å². The van der Waals surface area contributed by atoms with Gasteiger partial charge in [-0.1, -0.05) is 30.9 Å². The van der Waals surface area contributed by atoms with Crippen LogP contribution < -0.4 is 0 Å². The first-order valence-corrected chi connectivity index (χ1v) is 7.37. The Bertz CT molecular complexity index is 674. The molecule has 0 aliphatic heterocycles. The number of rotatable bonds is 4. The van der Waals surface area contributed by atoms with Gasteiger partial charge in [0.05, 0.1) is 18.8 Å². The lowest BCUT2D eigenvalue weighted by Crippen LogP contribution is -2.04. The van der Waals surface area contributed by atoms with Crippen LogP contribution in [0.25, 0.3) is 0 Å². The Morgan fingerprint density at radius 1 is 1.29 bits per heavy atom. The lowest BCUT2D eigenvalue weighted by molar-refractivity contribution is 0.305. The molecular weight excluding hydrogens is 260 g/mol. The third-order valence-corrected chi connectivity index (χ3v) is 3.61. The lowest BCUT2D eigenvalue weighted by Gasteiger charge is -2.06. The average Bonchev–Trinajstić information content (AvgIpc) is 2.74. The van der Waals surface area contributed by atoms with Gasteiger partial charge in [-0.25, -0.2) is 0 Å². The number of aliphatic hydroxyl groups excluding tert-OH is 1. The molecule has 0 unspecified atom stereocenters. The summed E-state index contributed by atoms with van der Waals surface area (Å²) in [5.74, 6) is 6.03. The zero-order valence-electron chi connectivity index (χ0n) is 13.0. The van der Waals surface area contributed by atoms with E-state index >= 15 is 0 Å². The van der Waals surface area contributed by atoms with Gasteiger partial charge in [-0.2, -0.15) is 5.10 Å². The summed E-state index contributed by atoms with van der Waals surface area (Å²) in [6.45, 7) is 7.24. The van der Waals surface area contributed by atoms with Crippen molar-refractivity contribution in [3.63, 3.8) is 0 Å². The van der Waals surface area contributed by atoms with Crippen LogP contribution in [0.1, 0.15) is 41.4 Å². The lowest BCUT2D eigenvalue weighted by atomic mass is 10.1. The molecule has 2 rings (SSSR count). The standard InChI is InChI=1S/C18H22N2O/c1-4-18-14(2)19-20(15(18)3)13-17-10-7-9-16(12-17)8-5-6-11-21/h7,9-10,12,21H,4,6,11,13H2,1-3H3. The normalized spacial score (nSPS) is 10.3. The van der Waals surface area contributed by atoms with Gasteiger partial charge in [-0.15, -0.1) is 0 Å². The number of hydrogen-bond donors (Lipinski definition) is 1. The van der Waals surface area contributed by atoms with Crippen molar-refractivity contribution in [1.29, 1.82) is 0 Å². The van der Waals surface area contributed by atoms with Crippen molar-refractivity contribution in [2.45, 2.75) is 40.2 Å². The quantitative estimate of drug-likeness (QED) is 0.876. The van der Waals surface area contributed by atoms with Gasteiger partial charge in [0, 0.05) is 17.7 Å². The van der Waals surface area contributed by atoms with Crippen molar-refractivity contribution in [2.24, 2.45) is 0 Å². The molecule has 21 heavy (non-hydrogen) atoms.